The van der Waals surface area contributed by atoms with Crippen LogP contribution in [0.25, 0.3) is 0 Å². The third-order valence-corrected chi connectivity index (χ3v) is 5.13. The van der Waals surface area contributed by atoms with Crippen molar-refractivity contribution in [3.8, 4) is 12.1 Å². The van der Waals surface area contributed by atoms with Crippen molar-refractivity contribution in [2.24, 2.45) is 5.92 Å². The standard InChI is InChI=1S/C22H42N3O2/c1-4-5-6-7-8-9-10-11-12-13-16-25(2,3)17-14-15-18-27-22(26)21(19-23)20-24/h21-22,26H,4-18H2,1-3H3/q+1. The number of hydrogen-bond donors (Lipinski definition) is 1. The summed E-state index contributed by atoms with van der Waals surface area (Å²) in [5, 5.41) is 26.9. The SMILES string of the molecule is CCCCCCCCCCCC[N+](C)(C)CCCCOC(O)C(C#N)C#N. The molecule has 0 aromatic carbocycles. The highest BCUT2D eigenvalue weighted by atomic mass is 16.6. The molecule has 0 saturated carbocycles. The van der Waals surface area contributed by atoms with E-state index in [0.717, 1.165) is 23.9 Å². The number of unbranched alkanes of at least 4 members (excludes halogenated alkanes) is 10. The molecule has 0 spiro atoms. The molecule has 156 valence electrons. The maximum absolute atomic E-state index is 9.56. The number of hydrogen-bond acceptors (Lipinski definition) is 4. The van der Waals surface area contributed by atoms with Gasteiger partial charge in [-0.15, -0.1) is 0 Å². The van der Waals surface area contributed by atoms with Gasteiger partial charge in [-0.05, 0) is 25.7 Å². The molecule has 0 aliphatic heterocycles. The zero-order valence-corrected chi connectivity index (χ0v) is 18.0. The van der Waals surface area contributed by atoms with Crippen LogP contribution in [0.15, 0.2) is 0 Å². The second-order valence-electron chi connectivity index (χ2n) is 8.27. The van der Waals surface area contributed by atoms with Gasteiger partial charge in [0, 0.05) is 0 Å². The summed E-state index contributed by atoms with van der Waals surface area (Å²) in [6.07, 6.45) is 14.2. The van der Waals surface area contributed by atoms with E-state index in [0.29, 0.717) is 6.61 Å². The van der Waals surface area contributed by atoms with Gasteiger partial charge >= 0.3 is 0 Å². The first-order chi connectivity index (χ1) is 13.0. The first kappa shape index (κ1) is 25.9. The van der Waals surface area contributed by atoms with E-state index in [-0.39, 0.29) is 0 Å². The van der Waals surface area contributed by atoms with E-state index in [4.69, 9.17) is 15.3 Å². The summed E-state index contributed by atoms with van der Waals surface area (Å²) in [4.78, 5) is 0. The molecule has 1 N–H and O–H groups in total. The molecule has 0 saturated heterocycles. The van der Waals surface area contributed by atoms with Gasteiger partial charge in [0.15, 0.2) is 12.2 Å². The van der Waals surface area contributed by atoms with E-state index in [1.54, 1.807) is 12.1 Å². The highest BCUT2D eigenvalue weighted by Crippen LogP contribution is 2.12. The maximum atomic E-state index is 9.56. The Morgan fingerprint density at radius 3 is 1.70 bits per heavy atom. The summed E-state index contributed by atoms with van der Waals surface area (Å²) < 4.78 is 6.18. The van der Waals surface area contributed by atoms with Crippen LogP contribution in [0.3, 0.4) is 0 Å². The van der Waals surface area contributed by atoms with Crippen molar-refractivity contribution in [3.63, 3.8) is 0 Å². The minimum atomic E-state index is -1.30. The van der Waals surface area contributed by atoms with Crippen LogP contribution in [0.2, 0.25) is 0 Å². The summed E-state index contributed by atoms with van der Waals surface area (Å²) in [5.41, 5.74) is 0. The summed E-state index contributed by atoms with van der Waals surface area (Å²) in [7, 11) is 4.54. The Morgan fingerprint density at radius 2 is 1.22 bits per heavy atom. The molecule has 0 aliphatic carbocycles. The lowest BCUT2D eigenvalue weighted by Gasteiger charge is -2.30. The van der Waals surface area contributed by atoms with Gasteiger partial charge in [0.1, 0.15) is 0 Å². The Labute approximate surface area is 167 Å². The zero-order chi connectivity index (χ0) is 20.4. The third-order valence-electron chi connectivity index (χ3n) is 5.13. The summed E-state index contributed by atoms with van der Waals surface area (Å²) in [6.45, 7) is 4.93. The lowest BCUT2D eigenvalue weighted by molar-refractivity contribution is -0.890. The molecule has 0 bridgehead atoms. The van der Waals surface area contributed by atoms with Crippen molar-refractivity contribution in [2.45, 2.75) is 90.3 Å². The second-order valence-corrected chi connectivity index (χ2v) is 8.27. The molecule has 1 unspecified atom stereocenters. The van der Waals surface area contributed by atoms with Gasteiger partial charge < -0.3 is 14.3 Å². The van der Waals surface area contributed by atoms with Crippen LogP contribution in [-0.2, 0) is 4.74 Å². The Bertz CT molecular complexity index is 412. The first-order valence-corrected chi connectivity index (χ1v) is 10.9. The largest absolute Gasteiger partial charge is 0.366 e. The van der Waals surface area contributed by atoms with Crippen LogP contribution in [0.5, 0.6) is 0 Å². The fourth-order valence-electron chi connectivity index (χ4n) is 3.24. The minimum Gasteiger partial charge on any atom is -0.366 e. The van der Waals surface area contributed by atoms with Crippen molar-refractivity contribution in [3.05, 3.63) is 0 Å². The number of rotatable bonds is 18. The summed E-state index contributed by atoms with van der Waals surface area (Å²) in [6, 6.07) is 3.46. The molecular formula is C22H42N3O2+. The number of ether oxygens (including phenoxy) is 1. The Morgan fingerprint density at radius 1 is 0.778 bits per heavy atom. The van der Waals surface area contributed by atoms with Crippen molar-refractivity contribution in [1.82, 2.24) is 0 Å². The highest BCUT2D eigenvalue weighted by Gasteiger charge is 2.18. The topological polar surface area (TPSA) is 77.0 Å². The summed E-state index contributed by atoms with van der Waals surface area (Å²) >= 11 is 0. The van der Waals surface area contributed by atoms with Crippen molar-refractivity contribution >= 4 is 0 Å². The van der Waals surface area contributed by atoms with E-state index < -0.39 is 12.2 Å². The predicted octanol–water partition coefficient (Wildman–Crippen LogP) is 4.76. The van der Waals surface area contributed by atoms with Gasteiger partial charge in [-0.3, -0.25) is 0 Å². The Kier molecular flexibility index (Phi) is 16.3. The van der Waals surface area contributed by atoms with E-state index in [1.807, 2.05) is 0 Å². The van der Waals surface area contributed by atoms with Gasteiger partial charge in [0.2, 0.25) is 0 Å². The van der Waals surface area contributed by atoms with Crippen LogP contribution in [0.1, 0.15) is 84.0 Å². The number of aliphatic hydroxyl groups is 1. The fraction of sp³-hybridized carbons (Fsp3) is 0.909. The normalized spacial score (nSPS) is 12.7. The van der Waals surface area contributed by atoms with E-state index >= 15 is 0 Å². The molecule has 0 radical (unpaired) electrons. The lowest BCUT2D eigenvalue weighted by Crippen LogP contribution is -2.41. The smallest absolute Gasteiger partial charge is 0.183 e. The average Bonchev–Trinajstić information content (AvgIpc) is 2.64. The van der Waals surface area contributed by atoms with Crippen LogP contribution >= 0.6 is 0 Å². The molecular weight excluding hydrogens is 338 g/mol. The van der Waals surface area contributed by atoms with E-state index in [9.17, 15) is 5.11 Å². The molecule has 0 amide bonds. The molecule has 0 aromatic rings. The van der Waals surface area contributed by atoms with Gasteiger partial charge in [0.25, 0.3) is 0 Å². The number of nitriles is 2. The Balaban J connectivity index is 3.56. The van der Waals surface area contributed by atoms with Crippen LogP contribution in [0.4, 0.5) is 0 Å². The molecule has 0 heterocycles. The fourth-order valence-corrected chi connectivity index (χ4v) is 3.24. The van der Waals surface area contributed by atoms with Gasteiger partial charge in [0.05, 0.1) is 45.9 Å². The average molecular weight is 381 g/mol. The molecule has 0 fully saturated rings. The predicted molar refractivity (Wildman–Crippen MR) is 110 cm³/mol. The van der Waals surface area contributed by atoms with Crippen LogP contribution < -0.4 is 0 Å². The molecule has 0 rings (SSSR count). The lowest BCUT2D eigenvalue weighted by atomic mass is 10.1. The minimum absolute atomic E-state index is 0.388. The molecule has 0 aromatic heterocycles. The highest BCUT2D eigenvalue weighted by molar-refractivity contribution is 5.00. The number of quaternary nitrogens is 1. The van der Waals surface area contributed by atoms with Crippen LogP contribution in [0, 0.1) is 28.6 Å². The summed E-state index contributed by atoms with van der Waals surface area (Å²) in [5.74, 6) is -1.10. The quantitative estimate of drug-likeness (QED) is 0.211. The van der Waals surface area contributed by atoms with Crippen molar-refractivity contribution < 1.29 is 14.3 Å². The number of aliphatic hydroxyl groups excluding tert-OH is 1. The number of nitrogens with zero attached hydrogens (tertiary/aromatic N) is 3. The third kappa shape index (κ3) is 15.6. The maximum Gasteiger partial charge on any atom is 0.183 e. The molecule has 5 heteroatoms. The van der Waals surface area contributed by atoms with Crippen molar-refractivity contribution in [2.75, 3.05) is 33.8 Å². The molecule has 0 aliphatic rings. The zero-order valence-electron chi connectivity index (χ0n) is 18.0. The van der Waals surface area contributed by atoms with Crippen LogP contribution in [-0.4, -0.2) is 49.7 Å². The second kappa shape index (κ2) is 17.0. The van der Waals surface area contributed by atoms with Crippen molar-refractivity contribution in [1.29, 1.82) is 10.5 Å². The van der Waals surface area contributed by atoms with E-state index in [1.165, 1.54) is 70.8 Å². The first-order valence-electron chi connectivity index (χ1n) is 10.9. The van der Waals surface area contributed by atoms with E-state index in [2.05, 4.69) is 21.0 Å². The molecule has 5 nitrogen and oxygen atoms in total. The van der Waals surface area contributed by atoms with Gasteiger partial charge in [-0.25, -0.2) is 0 Å². The van der Waals surface area contributed by atoms with Gasteiger partial charge in [-0.2, -0.15) is 10.5 Å². The monoisotopic (exact) mass is 380 g/mol. The molecule has 27 heavy (non-hydrogen) atoms. The Hall–Kier alpha value is -1.14. The molecule has 1 atom stereocenters. The van der Waals surface area contributed by atoms with Gasteiger partial charge in [-0.1, -0.05) is 58.3 Å².